The first-order valence-electron chi connectivity index (χ1n) is 8.42. The summed E-state index contributed by atoms with van der Waals surface area (Å²) in [5.74, 6) is 0.132. The van der Waals surface area contributed by atoms with E-state index in [1.807, 2.05) is 19.1 Å². The lowest BCUT2D eigenvalue weighted by Crippen LogP contribution is -2.34. The summed E-state index contributed by atoms with van der Waals surface area (Å²) in [5.41, 5.74) is 3.45. The molecule has 0 saturated carbocycles. The summed E-state index contributed by atoms with van der Waals surface area (Å²) in [7, 11) is 0. The molecule has 1 amide bonds. The molecule has 2 atom stereocenters. The summed E-state index contributed by atoms with van der Waals surface area (Å²) in [4.78, 5) is 14.7. The second-order valence-electron chi connectivity index (χ2n) is 6.47. The van der Waals surface area contributed by atoms with E-state index in [0.29, 0.717) is 24.8 Å². The Bertz CT molecular complexity index is 710. The summed E-state index contributed by atoms with van der Waals surface area (Å²) >= 11 is 0. The lowest BCUT2D eigenvalue weighted by molar-refractivity contribution is 0.0905. The van der Waals surface area contributed by atoms with Crippen LogP contribution in [0.4, 0.5) is 5.69 Å². The van der Waals surface area contributed by atoms with Crippen molar-refractivity contribution in [3.8, 4) is 0 Å². The first-order valence-corrected chi connectivity index (χ1v) is 8.42. The molecule has 128 valence electrons. The molecule has 2 unspecified atom stereocenters. The maximum absolute atomic E-state index is 12.4. The molecule has 1 aliphatic rings. The van der Waals surface area contributed by atoms with Gasteiger partial charge in [0.25, 0.3) is 5.91 Å². The summed E-state index contributed by atoms with van der Waals surface area (Å²) in [6.45, 7) is 4.76. The van der Waals surface area contributed by atoms with Crippen molar-refractivity contribution in [2.45, 2.75) is 45.3 Å². The van der Waals surface area contributed by atoms with Gasteiger partial charge in [-0.25, -0.2) is 0 Å². The van der Waals surface area contributed by atoms with Gasteiger partial charge in [-0.05, 0) is 44.4 Å². The van der Waals surface area contributed by atoms with E-state index in [9.17, 15) is 4.79 Å². The average molecular weight is 328 g/mol. The Hall–Kier alpha value is -2.27. The molecule has 5 heteroatoms. The molecule has 2 aromatic rings. The van der Waals surface area contributed by atoms with Crippen molar-refractivity contribution in [2.24, 2.45) is 0 Å². The van der Waals surface area contributed by atoms with Gasteiger partial charge in [0.1, 0.15) is 0 Å². The lowest BCUT2D eigenvalue weighted by atomic mass is 10.1. The second-order valence-corrected chi connectivity index (χ2v) is 6.47. The molecule has 0 fully saturated rings. The van der Waals surface area contributed by atoms with Gasteiger partial charge in [0, 0.05) is 36.5 Å². The molecule has 0 bridgehead atoms. The predicted octanol–water partition coefficient (Wildman–Crippen LogP) is 2.73. The van der Waals surface area contributed by atoms with Crippen molar-refractivity contribution < 1.29 is 14.3 Å². The second kappa shape index (κ2) is 7.09. The van der Waals surface area contributed by atoms with Crippen LogP contribution in [-0.2, 0) is 13.0 Å². The maximum Gasteiger partial charge on any atom is 0.287 e. The molecule has 2 heterocycles. The van der Waals surface area contributed by atoms with Crippen LogP contribution in [0.2, 0.25) is 0 Å². The van der Waals surface area contributed by atoms with Crippen LogP contribution in [0.25, 0.3) is 0 Å². The highest BCUT2D eigenvalue weighted by Gasteiger charge is 2.27. The number of benzene rings is 1. The van der Waals surface area contributed by atoms with Gasteiger partial charge in [-0.15, -0.1) is 0 Å². The van der Waals surface area contributed by atoms with Crippen LogP contribution in [0.15, 0.2) is 41.0 Å². The molecule has 0 radical (unpaired) electrons. The number of nitrogens with one attached hydrogen (secondary N) is 1. The molecule has 0 saturated heterocycles. The summed E-state index contributed by atoms with van der Waals surface area (Å²) in [6, 6.07) is 10.6. The molecule has 1 aromatic heterocycles. The molecule has 1 aliphatic heterocycles. The highest BCUT2D eigenvalue weighted by Crippen LogP contribution is 2.33. The number of fused-ring (bicyclic) bond motifs is 1. The fraction of sp³-hybridized carbons (Fsp3) is 0.421. The topological polar surface area (TPSA) is 65.7 Å². The summed E-state index contributed by atoms with van der Waals surface area (Å²) in [6.07, 6.45) is 3.11. The quantitative estimate of drug-likeness (QED) is 0.856. The number of hydrogen-bond acceptors (Lipinski definition) is 4. The SMILES string of the molecule is CC(CCO)NC(=O)c1occc1CN1c2ccccc2CC1C. The highest BCUT2D eigenvalue weighted by atomic mass is 16.3. The number of furan rings is 1. The van der Waals surface area contributed by atoms with Gasteiger partial charge >= 0.3 is 0 Å². The van der Waals surface area contributed by atoms with Crippen molar-refractivity contribution in [1.29, 1.82) is 0 Å². The lowest BCUT2D eigenvalue weighted by Gasteiger charge is -2.24. The van der Waals surface area contributed by atoms with Crippen LogP contribution in [0, 0.1) is 0 Å². The number of anilines is 1. The van der Waals surface area contributed by atoms with Gasteiger partial charge < -0.3 is 19.7 Å². The summed E-state index contributed by atoms with van der Waals surface area (Å²) < 4.78 is 5.44. The third-order valence-electron chi connectivity index (χ3n) is 4.58. The van der Waals surface area contributed by atoms with Crippen LogP contribution in [0.3, 0.4) is 0 Å². The van der Waals surface area contributed by atoms with E-state index >= 15 is 0 Å². The average Bonchev–Trinajstić information content (AvgIpc) is 3.13. The van der Waals surface area contributed by atoms with Crippen molar-refractivity contribution in [1.82, 2.24) is 5.32 Å². The minimum Gasteiger partial charge on any atom is -0.459 e. The van der Waals surface area contributed by atoms with Crippen molar-refractivity contribution in [3.05, 3.63) is 53.5 Å². The summed E-state index contributed by atoms with van der Waals surface area (Å²) in [5, 5.41) is 11.8. The molecule has 2 N–H and O–H groups in total. The largest absolute Gasteiger partial charge is 0.459 e. The number of carbonyl (C=O) groups is 1. The van der Waals surface area contributed by atoms with E-state index in [-0.39, 0.29) is 18.6 Å². The molecule has 1 aromatic carbocycles. The van der Waals surface area contributed by atoms with E-state index in [0.717, 1.165) is 12.0 Å². The smallest absolute Gasteiger partial charge is 0.287 e. The molecule has 5 nitrogen and oxygen atoms in total. The van der Waals surface area contributed by atoms with Gasteiger partial charge in [-0.1, -0.05) is 18.2 Å². The third kappa shape index (κ3) is 3.31. The van der Waals surface area contributed by atoms with E-state index in [1.165, 1.54) is 11.3 Å². The standard InChI is InChI=1S/C19H24N2O3/c1-13(7-9-22)20-19(23)18-16(8-10-24-18)12-21-14(2)11-15-5-3-4-6-17(15)21/h3-6,8,10,13-14,22H,7,9,11-12H2,1-2H3,(H,20,23). The number of aliphatic hydroxyl groups excluding tert-OH is 1. The van der Waals surface area contributed by atoms with E-state index in [2.05, 4.69) is 35.3 Å². The first kappa shape index (κ1) is 16.6. The molecule has 24 heavy (non-hydrogen) atoms. The first-order chi connectivity index (χ1) is 11.6. The van der Waals surface area contributed by atoms with E-state index < -0.39 is 0 Å². The van der Waals surface area contributed by atoms with Crippen LogP contribution >= 0.6 is 0 Å². The zero-order valence-electron chi connectivity index (χ0n) is 14.2. The molecule has 0 spiro atoms. The van der Waals surface area contributed by atoms with Gasteiger partial charge in [0.05, 0.1) is 6.26 Å². The van der Waals surface area contributed by atoms with Crippen molar-refractivity contribution in [2.75, 3.05) is 11.5 Å². The number of aliphatic hydroxyl groups is 1. The number of nitrogens with zero attached hydrogens (tertiary/aromatic N) is 1. The van der Waals surface area contributed by atoms with Gasteiger partial charge in [0.2, 0.25) is 0 Å². The van der Waals surface area contributed by atoms with Gasteiger partial charge in [0.15, 0.2) is 5.76 Å². The molecule has 0 aliphatic carbocycles. The van der Waals surface area contributed by atoms with Crippen LogP contribution in [0.1, 0.15) is 41.9 Å². The van der Waals surface area contributed by atoms with Crippen LogP contribution < -0.4 is 10.2 Å². The monoisotopic (exact) mass is 328 g/mol. The third-order valence-corrected chi connectivity index (χ3v) is 4.58. The highest BCUT2D eigenvalue weighted by molar-refractivity contribution is 5.93. The Morgan fingerprint density at radius 2 is 2.21 bits per heavy atom. The minimum absolute atomic E-state index is 0.0501. The Labute approximate surface area is 142 Å². The van der Waals surface area contributed by atoms with Crippen molar-refractivity contribution in [3.63, 3.8) is 0 Å². The van der Waals surface area contributed by atoms with Gasteiger partial charge in [-0.2, -0.15) is 0 Å². The van der Waals surface area contributed by atoms with Gasteiger partial charge in [-0.3, -0.25) is 4.79 Å². The van der Waals surface area contributed by atoms with Crippen molar-refractivity contribution >= 4 is 11.6 Å². The normalized spacial score (nSPS) is 17.6. The number of amides is 1. The maximum atomic E-state index is 12.4. The Morgan fingerprint density at radius 1 is 1.42 bits per heavy atom. The van der Waals surface area contributed by atoms with Crippen LogP contribution in [-0.4, -0.2) is 29.7 Å². The molecule has 3 rings (SSSR count). The Morgan fingerprint density at radius 3 is 3.00 bits per heavy atom. The predicted molar refractivity (Wildman–Crippen MR) is 93.1 cm³/mol. The zero-order chi connectivity index (χ0) is 17.1. The Kier molecular flexibility index (Phi) is 4.90. The van der Waals surface area contributed by atoms with E-state index in [4.69, 9.17) is 9.52 Å². The minimum atomic E-state index is -0.226. The number of rotatable bonds is 6. The number of hydrogen-bond donors (Lipinski definition) is 2. The fourth-order valence-corrected chi connectivity index (χ4v) is 3.27. The molecular formula is C19H24N2O3. The zero-order valence-corrected chi connectivity index (χ0v) is 14.2. The molecular weight excluding hydrogens is 304 g/mol. The number of carbonyl (C=O) groups excluding carboxylic acids is 1. The fourth-order valence-electron chi connectivity index (χ4n) is 3.27. The van der Waals surface area contributed by atoms with E-state index in [1.54, 1.807) is 6.26 Å². The Balaban J connectivity index is 1.75. The van der Waals surface area contributed by atoms with Crippen LogP contribution in [0.5, 0.6) is 0 Å². The number of para-hydroxylation sites is 1.